The molecule has 1 aromatic heterocycles. The molecular formula is C13H14F3N3O3. The highest BCUT2D eigenvalue weighted by molar-refractivity contribution is 5.94. The smallest absolute Gasteiger partial charge is 0.433 e. The van der Waals surface area contributed by atoms with Gasteiger partial charge in [-0.2, -0.15) is 13.2 Å². The Kier molecular flexibility index (Phi) is 4.53. The molecule has 120 valence electrons. The van der Waals surface area contributed by atoms with Crippen molar-refractivity contribution in [3.8, 4) is 0 Å². The van der Waals surface area contributed by atoms with Crippen LogP contribution in [0.2, 0.25) is 0 Å². The number of carbonyl (C=O) groups is 2. The summed E-state index contributed by atoms with van der Waals surface area (Å²) in [7, 11) is 0. The summed E-state index contributed by atoms with van der Waals surface area (Å²) < 4.78 is 37.2. The molecule has 0 spiro atoms. The Labute approximate surface area is 123 Å². The Morgan fingerprint density at radius 1 is 1.27 bits per heavy atom. The summed E-state index contributed by atoms with van der Waals surface area (Å²) in [6.45, 7) is 0.676. The predicted molar refractivity (Wildman–Crippen MR) is 69.3 cm³/mol. The molecule has 2 N–H and O–H groups in total. The number of amides is 2. The highest BCUT2D eigenvalue weighted by Gasteiger charge is 2.32. The van der Waals surface area contributed by atoms with E-state index in [0.717, 1.165) is 18.3 Å². The lowest BCUT2D eigenvalue weighted by molar-refractivity contribution is -0.141. The summed E-state index contributed by atoms with van der Waals surface area (Å²) in [5, 5.41) is 11.0. The molecule has 2 amide bonds. The zero-order chi connectivity index (χ0) is 16.3. The fourth-order valence-corrected chi connectivity index (χ4v) is 2.27. The minimum atomic E-state index is -4.54. The third-order valence-electron chi connectivity index (χ3n) is 3.41. The van der Waals surface area contributed by atoms with Gasteiger partial charge in [-0.05, 0) is 25.0 Å². The molecule has 1 saturated heterocycles. The van der Waals surface area contributed by atoms with Gasteiger partial charge in [0.2, 0.25) is 0 Å². The van der Waals surface area contributed by atoms with Crippen molar-refractivity contribution in [2.75, 3.05) is 13.1 Å². The summed E-state index contributed by atoms with van der Waals surface area (Å²) in [5.41, 5.74) is -0.967. The van der Waals surface area contributed by atoms with Crippen LogP contribution in [0, 0.1) is 0 Å². The minimum absolute atomic E-state index is 0.0812. The molecule has 1 aromatic rings. The molecular weight excluding hydrogens is 303 g/mol. The SMILES string of the molecule is O=C(O)NC1CCN(C(=O)c2ccc(C(F)(F)F)nc2)CC1. The fourth-order valence-electron chi connectivity index (χ4n) is 2.27. The average Bonchev–Trinajstić information content (AvgIpc) is 2.46. The van der Waals surface area contributed by atoms with Crippen LogP contribution in [-0.2, 0) is 6.18 Å². The van der Waals surface area contributed by atoms with E-state index >= 15 is 0 Å². The van der Waals surface area contributed by atoms with Crippen molar-refractivity contribution in [1.82, 2.24) is 15.2 Å². The van der Waals surface area contributed by atoms with Crippen LogP contribution in [-0.4, -0.2) is 46.1 Å². The Morgan fingerprint density at radius 3 is 2.36 bits per heavy atom. The van der Waals surface area contributed by atoms with Gasteiger partial charge in [-0.3, -0.25) is 9.78 Å². The van der Waals surface area contributed by atoms with Crippen molar-refractivity contribution in [2.45, 2.75) is 25.1 Å². The Hall–Kier alpha value is -2.32. The predicted octanol–water partition coefficient (Wildman–Crippen LogP) is 1.97. The van der Waals surface area contributed by atoms with E-state index in [1.54, 1.807) is 0 Å². The third kappa shape index (κ3) is 3.86. The lowest BCUT2D eigenvalue weighted by atomic mass is 10.0. The van der Waals surface area contributed by atoms with Crippen LogP contribution in [0.15, 0.2) is 18.3 Å². The number of piperidine rings is 1. The first kappa shape index (κ1) is 16.1. The van der Waals surface area contributed by atoms with Crippen molar-refractivity contribution in [2.24, 2.45) is 0 Å². The Balaban J connectivity index is 1.97. The maximum absolute atomic E-state index is 12.4. The van der Waals surface area contributed by atoms with E-state index < -0.39 is 23.9 Å². The summed E-state index contributed by atoms with van der Waals surface area (Å²) in [4.78, 5) is 27.4. The number of nitrogens with one attached hydrogen (secondary N) is 1. The summed E-state index contributed by atoms with van der Waals surface area (Å²) >= 11 is 0. The van der Waals surface area contributed by atoms with Gasteiger partial charge in [-0.1, -0.05) is 0 Å². The number of hydrogen-bond acceptors (Lipinski definition) is 3. The largest absolute Gasteiger partial charge is 0.465 e. The van der Waals surface area contributed by atoms with Crippen LogP contribution in [0.4, 0.5) is 18.0 Å². The molecule has 22 heavy (non-hydrogen) atoms. The molecule has 2 heterocycles. The maximum Gasteiger partial charge on any atom is 0.433 e. The number of alkyl halides is 3. The highest BCUT2D eigenvalue weighted by atomic mass is 19.4. The van der Waals surface area contributed by atoms with Crippen molar-refractivity contribution in [1.29, 1.82) is 0 Å². The molecule has 6 nitrogen and oxygen atoms in total. The quantitative estimate of drug-likeness (QED) is 0.874. The van der Waals surface area contributed by atoms with Gasteiger partial charge in [0.15, 0.2) is 0 Å². The van der Waals surface area contributed by atoms with Gasteiger partial charge in [0.1, 0.15) is 5.69 Å². The standard InChI is InChI=1S/C13H14F3N3O3/c14-13(15,16)10-2-1-8(7-17-10)11(20)19-5-3-9(4-6-19)18-12(21)22/h1-2,7,9,18H,3-6H2,(H,21,22). The first-order valence-electron chi connectivity index (χ1n) is 6.59. The monoisotopic (exact) mass is 317 g/mol. The Bertz CT molecular complexity index is 552. The van der Waals surface area contributed by atoms with E-state index in [2.05, 4.69) is 10.3 Å². The summed E-state index contributed by atoms with van der Waals surface area (Å²) in [6, 6.07) is 1.65. The molecule has 1 aliphatic heterocycles. The molecule has 1 aliphatic rings. The number of aromatic nitrogens is 1. The van der Waals surface area contributed by atoms with Gasteiger partial charge >= 0.3 is 12.3 Å². The molecule has 2 rings (SSSR count). The van der Waals surface area contributed by atoms with E-state index in [9.17, 15) is 22.8 Å². The van der Waals surface area contributed by atoms with Gasteiger partial charge < -0.3 is 15.3 Å². The molecule has 0 radical (unpaired) electrons. The number of pyridine rings is 1. The number of carbonyl (C=O) groups excluding carboxylic acids is 1. The fraction of sp³-hybridized carbons (Fsp3) is 0.462. The molecule has 9 heteroatoms. The lowest BCUT2D eigenvalue weighted by Gasteiger charge is -2.31. The molecule has 1 fully saturated rings. The minimum Gasteiger partial charge on any atom is -0.465 e. The van der Waals surface area contributed by atoms with Crippen molar-refractivity contribution < 1.29 is 27.9 Å². The van der Waals surface area contributed by atoms with Gasteiger partial charge in [0.25, 0.3) is 5.91 Å². The van der Waals surface area contributed by atoms with Gasteiger partial charge in [-0.15, -0.1) is 0 Å². The maximum atomic E-state index is 12.4. The van der Waals surface area contributed by atoms with Crippen LogP contribution < -0.4 is 5.32 Å². The molecule has 0 aromatic carbocycles. The molecule has 0 saturated carbocycles. The lowest BCUT2D eigenvalue weighted by Crippen LogP contribution is -2.46. The van der Waals surface area contributed by atoms with E-state index in [1.807, 2.05) is 0 Å². The van der Waals surface area contributed by atoms with Crippen molar-refractivity contribution in [3.05, 3.63) is 29.6 Å². The van der Waals surface area contributed by atoms with Crippen LogP contribution in [0.25, 0.3) is 0 Å². The van der Waals surface area contributed by atoms with Crippen LogP contribution in [0.5, 0.6) is 0 Å². The van der Waals surface area contributed by atoms with Gasteiger partial charge in [0.05, 0.1) is 5.56 Å². The second-order valence-electron chi connectivity index (χ2n) is 4.95. The number of likely N-dealkylation sites (tertiary alicyclic amines) is 1. The Morgan fingerprint density at radius 2 is 1.91 bits per heavy atom. The average molecular weight is 317 g/mol. The molecule has 0 atom stereocenters. The van der Waals surface area contributed by atoms with Crippen LogP contribution >= 0.6 is 0 Å². The van der Waals surface area contributed by atoms with Crippen LogP contribution in [0.3, 0.4) is 0 Å². The topological polar surface area (TPSA) is 82.5 Å². The van der Waals surface area contributed by atoms with E-state index in [-0.39, 0.29) is 11.6 Å². The molecule has 0 bridgehead atoms. The second kappa shape index (κ2) is 6.20. The van der Waals surface area contributed by atoms with E-state index in [4.69, 9.17) is 5.11 Å². The number of rotatable bonds is 2. The number of nitrogens with zero attached hydrogens (tertiary/aromatic N) is 2. The number of halogens is 3. The second-order valence-corrected chi connectivity index (χ2v) is 4.95. The van der Waals surface area contributed by atoms with E-state index in [0.29, 0.717) is 25.9 Å². The first-order chi connectivity index (χ1) is 10.3. The number of carboxylic acid groups (broad SMARTS) is 1. The van der Waals surface area contributed by atoms with Crippen LogP contribution in [0.1, 0.15) is 28.9 Å². The highest BCUT2D eigenvalue weighted by Crippen LogP contribution is 2.27. The number of hydrogen-bond donors (Lipinski definition) is 2. The first-order valence-corrected chi connectivity index (χ1v) is 6.59. The summed E-state index contributed by atoms with van der Waals surface area (Å²) in [5.74, 6) is -0.407. The molecule has 0 aliphatic carbocycles. The van der Waals surface area contributed by atoms with Crippen molar-refractivity contribution >= 4 is 12.0 Å². The zero-order valence-corrected chi connectivity index (χ0v) is 11.4. The van der Waals surface area contributed by atoms with Crippen molar-refractivity contribution in [3.63, 3.8) is 0 Å². The zero-order valence-electron chi connectivity index (χ0n) is 11.4. The normalized spacial score (nSPS) is 16.4. The molecule has 0 unspecified atom stereocenters. The third-order valence-corrected chi connectivity index (χ3v) is 3.41. The summed E-state index contributed by atoms with van der Waals surface area (Å²) in [6.07, 6.45) is -3.82. The van der Waals surface area contributed by atoms with Gasteiger partial charge in [-0.25, -0.2) is 4.79 Å². The van der Waals surface area contributed by atoms with E-state index in [1.165, 1.54) is 4.90 Å². The van der Waals surface area contributed by atoms with Gasteiger partial charge in [0, 0.05) is 25.3 Å².